The largest absolute Gasteiger partial charge is 0.334 e. The number of hydrogen-bond acceptors (Lipinski definition) is 3. The third kappa shape index (κ3) is 2.36. The molecular weight excluding hydrogens is 192 g/mol. The maximum Gasteiger partial charge on any atom is 0.252 e. The highest BCUT2D eigenvalue weighted by molar-refractivity contribution is 5.30. The van der Waals surface area contributed by atoms with Gasteiger partial charge in [0.1, 0.15) is 0 Å². The van der Waals surface area contributed by atoms with E-state index < -0.39 is 0 Å². The van der Waals surface area contributed by atoms with Crippen LogP contribution in [0.5, 0.6) is 0 Å². The molecule has 1 aliphatic rings. The highest BCUT2D eigenvalue weighted by Gasteiger charge is 2.18. The van der Waals surface area contributed by atoms with Gasteiger partial charge in [-0.05, 0) is 6.92 Å². The van der Waals surface area contributed by atoms with Gasteiger partial charge in [-0.3, -0.25) is 9.78 Å². The van der Waals surface area contributed by atoms with Crippen molar-refractivity contribution in [3.63, 3.8) is 0 Å². The topological polar surface area (TPSA) is 53.4 Å². The van der Waals surface area contributed by atoms with Gasteiger partial charge < -0.3 is 9.80 Å². The Morgan fingerprint density at radius 3 is 2.73 bits per heavy atom. The van der Waals surface area contributed by atoms with Crippen molar-refractivity contribution in [1.29, 1.82) is 0 Å². The molecule has 82 valence electrons. The number of aromatic amines is 1. The third-order valence-electron chi connectivity index (χ3n) is 2.77. The van der Waals surface area contributed by atoms with Gasteiger partial charge in [0.25, 0.3) is 5.56 Å². The molecule has 2 heterocycles. The van der Waals surface area contributed by atoms with Gasteiger partial charge >= 0.3 is 0 Å². The zero-order chi connectivity index (χ0) is 10.8. The van der Waals surface area contributed by atoms with E-state index in [-0.39, 0.29) is 5.56 Å². The van der Waals surface area contributed by atoms with Crippen LogP contribution in [0.25, 0.3) is 0 Å². The van der Waals surface area contributed by atoms with Gasteiger partial charge in [-0.25, -0.2) is 4.98 Å². The van der Waals surface area contributed by atoms with Crippen molar-refractivity contribution in [2.45, 2.75) is 6.92 Å². The van der Waals surface area contributed by atoms with Gasteiger partial charge in [-0.1, -0.05) is 0 Å². The van der Waals surface area contributed by atoms with Crippen molar-refractivity contribution < 1.29 is 4.90 Å². The van der Waals surface area contributed by atoms with E-state index in [0.717, 1.165) is 31.9 Å². The second-order valence-corrected chi connectivity index (χ2v) is 4.15. The lowest BCUT2D eigenvalue weighted by Gasteiger charge is -2.30. The number of aryl methyl sites for hydroxylation is 1. The van der Waals surface area contributed by atoms with Gasteiger partial charge in [-0.2, -0.15) is 0 Å². The molecule has 0 saturated carbocycles. The maximum absolute atomic E-state index is 11.3. The van der Waals surface area contributed by atoms with E-state index in [9.17, 15) is 4.79 Å². The van der Waals surface area contributed by atoms with Crippen LogP contribution in [0, 0.1) is 6.92 Å². The maximum atomic E-state index is 11.3. The molecule has 1 aliphatic heterocycles. The minimum Gasteiger partial charge on any atom is -0.334 e. The fraction of sp³-hybridized carbons (Fsp3) is 0.600. The lowest BCUT2D eigenvalue weighted by Crippen LogP contribution is -3.12. The Morgan fingerprint density at radius 1 is 1.47 bits per heavy atom. The Balaban J connectivity index is 2.19. The van der Waals surface area contributed by atoms with Crippen molar-refractivity contribution in [1.82, 2.24) is 9.97 Å². The number of hydrogen-bond donors (Lipinski definition) is 2. The van der Waals surface area contributed by atoms with Crippen molar-refractivity contribution in [2.75, 3.05) is 38.1 Å². The summed E-state index contributed by atoms with van der Waals surface area (Å²) in [6.45, 7) is 5.95. The van der Waals surface area contributed by atoms with Crippen molar-refractivity contribution in [3.05, 3.63) is 22.1 Å². The van der Waals surface area contributed by atoms with Crippen molar-refractivity contribution >= 4 is 5.95 Å². The molecule has 1 saturated heterocycles. The molecule has 1 aromatic rings. The van der Waals surface area contributed by atoms with Crippen LogP contribution in [0.4, 0.5) is 5.95 Å². The predicted octanol–water partition coefficient (Wildman–Crippen LogP) is -1.59. The van der Waals surface area contributed by atoms with E-state index in [4.69, 9.17) is 0 Å². The minimum atomic E-state index is -0.0659. The van der Waals surface area contributed by atoms with Gasteiger partial charge in [0.15, 0.2) is 0 Å². The number of likely N-dealkylation sites (N-methyl/N-ethyl adjacent to an activating group) is 1. The SMILES string of the molecule is Cc1cc(=O)[nH]c(N2CC[NH+](C)CC2)n1. The first-order valence-electron chi connectivity index (χ1n) is 5.29. The van der Waals surface area contributed by atoms with E-state index in [1.807, 2.05) is 6.92 Å². The Bertz CT molecular complexity index is 393. The van der Waals surface area contributed by atoms with Crippen LogP contribution in [0.2, 0.25) is 0 Å². The Kier molecular flexibility index (Phi) is 2.73. The van der Waals surface area contributed by atoms with E-state index in [1.54, 1.807) is 0 Å². The average Bonchev–Trinajstić information content (AvgIpc) is 2.17. The molecule has 0 aliphatic carbocycles. The van der Waals surface area contributed by atoms with Crippen LogP contribution in [0.1, 0.15) is 5.69 Å². The van der Waals surface area contributed by atoms with Crippen LogP contribution in [0.3, 0.4) is 0 Å². The van der Waals surface area contributed by atoms with Gasteiger partial charge in [0.2, 0.25) is 5.95 Å². The predicted molar refractivity (Wildman–Crippen MR) is 58.4 cm³/mol. The number of nitrogens with one attached hydrogen (secondary N) is 2. The molecule has 0 unspecified atom stereocenters. The highest BCUT2D eigenvalue weighted by atomic mass is 16.1. The minimum absolute atomic E-state index is 0.0659. The summed E-state index contributed by atoms with van der Waals surface area (Å²) in [6, 6.07) is 1.52. The van der Waals surface area contributed by atoms with Gasteiger partial charge in [-0.15, -0.1) is 0 Å². The molecule has 5 heteroatoms. The normalized spacial score (nSPS) is 18.1. The average molecular weight is 209 g/mol. The molecule has 2 N–H and O–H groups in total. The monoisotopic (exact) mass is 209 g/mol. The van der Waals surface area contributed by atoms with Crippen LogP contribution >= 0.6 is 0 Å². The first-order chi connectivity index (χ1) is 7.15. The molecule has 5 nitrogen and oxygen atoms in total. The first-order valence-corrected chi connectivity index (χ1v) is 5.29. The Labute approximate surface area is 88.7 Å². The van der Waals surface area contributed by atoms with E-state index >= 15 is 0 Å². The number of rotatable bonds is 1. The number of aromatic nitrogens is 2. The summed E-state index contributed by atoms with van der Waals surface area (Å²) in [5, 5.41) is 0. The molecule has 15 heavy (non-hydrogen) atoms. The molecule has 0 spiro atoms. The molecular formula is C10H17N4O+. The second kappa shape index (κ2) is 4.02. The summed E-state index contributed by atoms with van der Waals surface area (Å²) < 4.78 is 0. The fourth-order valence-electron chi connectivity index (χ4n) is 1.81. The molecule has 1 aromatic heterocycles. The summed E-state index contributed by atoms with van der Waals surface area (Å²) >= 11 is 0. The van der Waals surface area contributed by atoms with Gasteiger partial charge in [0, 0.05) is 11.8 Å². The zero-order valence-electron chi connectivity index (χ0n) is 9.21. The Morgan fingerprint density at radius 2 is 2.13 bits per heavy atom. The smallest absolute Gasteiger partial charge is 0.252 e. The standard InChI is InChI=1S/C10H16N4O/c1-8-7-9(15)12-10(11-8)14-5-3-13(2)4-6-14/h7H,3-6H2,1-2H3,(H,11,12,15)/p+1. The van der Waals surface area contributed by atoms with E-state index in [1.165, 1.54) is 11.0 Å². The number of quaternary nitrogens is 1. The molecule has 0 bridgehead atoms. The summed E-state index contributed by atoms with van der Waals surface area (Å²) in [7, 11) is 2.18. The van der Waals surface area contributed by atoms with Crippen LogP contribution in [0.15, 0.2) is 10.9 Å². The second-order valence-electron chi connectivity index (χ2n) is 4.15. The zero-order valence-corrected chi connectivity index (χ0v) is 9.21. The summed E-state index contributed by atoms with van der Waals surface area (Å²) in [4.78, 5) is 22.1. The van der Waals surface area contributed by atoms with E-state index in [0.29, 0.717) is 5.95 Å². The summed E-state index contributed by atoms with van der Waals surface area (Å²) in [5.74, 6) is 0.715. The number of H-pyrrole nitrogens is 1. The molecule has 0 radical (unpaired) electrons. The van der Waals surface area contributed by atoms with Gasteiger partial charge in [0.05, 0.1) is 33.2 Å². The molecule has 0 atom stereocenters. The van der Waals surface area contributed by atoms with Crippen LogP contribution in [-0.2, 0) is 0 Å². The van der Waals surface area contributed by atoms with Crippen LogP contribution < -0.4 is 15.4 Å². The fourth-order valence-corrected chi connectivity index (χ4v) is 1.81. The van der Waals surface area contributed by atoms with Crippen molar-refractivity contribution in [3.8, 4) is 0 Å². The number of anilines is 1. The first kappa shape index (κ1) is 10.2. The summed E-state index contributed by atoms with van der Waals surface area (Å²) in [6.07, 6.45) is 0. The van der Waals surface area contributed by atoms with Crippen molar-refractivity contribution in [2.24, 2.45) is 0 Å². The molecule has 0 aromatic carbocycles. The van der Waals surface area contributed by atoms with E-state index in [2.05, 4.69) is 21.9 Å². The number of nitrogens with zero attached hydrogens (tertiary/aromatic N) is 2. The lowest BCUT2D eigenvalue weighted by atomic mass is 10.3. The lowest BCUT2D eigenvalue weighted by molar-refractivity contribution is -0.880. The number of piperazine rings is 1. The highest BCUT2D eigenvalue weighted by Crippen LogP contribution is 2.04. The molecule has 1 fully saturated rings. The Hall–Kier alpha value is -1.36. The molecule has 2 rings (SSSR count). The third-order valence-corrected chi connectivity index (χ3v) is 2.77. The molecule has 0 amide bonds. The quantitative estimate of drug-likeness (QED) is 0.586. The summed E-state index contributed by atoms with van der Waals surface area (Å²) in [5.41, 5.74) is 0.712. The van der Waals surface area contributed by atoms with Crippen LogP contribution in [-0.4, -0.2) is 43.2 Å².